The lowest BCUT2D eigenvalue weighted by atomic mass is 10.0. The fourth-order valence-corrected chi connectivity index (χ4v) is 5.52. The quantitative estimate of drug-likeness (QED) is 0.214. The van der Waals surface area contributed by atoms with Gasteiger partial charge in [-0.2, -0.15) is 5.10 Å². The Morgan fingerprint density at radius 1 is 0.972 bits per heavy atom. The molecule has 0 fully saturated rings. The molecule has 4 heterocycles. The monoisotopic (exact) mass is 491 g/mol. The predicted molar refractivity (Wildman–Crippen MR) is 147 cm³/mol. The summed E-state index contributed by atoms with van der Waals surface area (Å²) in [5.74, 6) is 0.0920. The number of carbonyl (C=O) groups is 1. The molecule has 178 valence electrons. The summed E-state index contributed by atoms with van der Waals surface area (Å²) in [6, 6.07) is 20.8. The number of rotatable bonds is 7. The van der Waals surface area contributed by atoms with E-state index in [1.54, 1.807) is 6.92 Å². The third-order valence-corrected chi connectivity index (χ3v) is 7.63. The molecule has 6 nitrogen and oxygen atoms in total. The first-order valence-electron chi connectivity index (χ1n) is 12.0. The number of benzene rings is 2. The van der Waals surface area contributed by atoms with Crippen molar-refractivity contribution in [3.8, 4) is 33.0 Å². The van der Waals surface area contributed by atoms with Crippen LogP contribution in [0.4, 0.5) is 0 Å². The number of aromatic nitrogens is 4. The highest BCUT2D eigenvalue weighted by Crippen LogP contribution is 2.37. The van der Waals surface area contributed by atoms with Crippen LogP contribution in [0.15, 0.2) is 73.1 Å². The maximum absolute atomic E-state index is 11.8. The number of aromatic amines is 2. The third-order valence-electron chi connectivity index (χ3n) is 6.41. The molecule has 7 heteroatoms. The average molecular weight is 492 g/mol. The summed E-state index contributed by atoms with van der Waals surface area (Å²) in [6.45, 7) is 5.43. The van der Waals surface area contributed by atoms with Crippen LogP contribution in [0.25, 0.3) is 54.8 Å². The van der Waals surface area contributed by atoms with E-state index in [2.05, 4.69) is 74.9 Å². The largest absolute Gasteiger partial charge is 0.353 e. The molecule has 0 atom stereocenters. The number of pyridine rings is 1. The van der Waals surface area contributed by atoms with E-state index in [0.717, 1.165) is 78.3 Å². The molecule has 3 N–H and O–H groups in total. The highest BCUT2D eigenvalue weighted by Gasteiger charge is 2.15. The SMILES string of the molecule is CCNCc1cncc(-c2ccc3[nH]nc(-c4cc5c(-c6ccc(C(C)=O)s6)cccc5[nH]4)c3c2)c1. The van der Waals surface area contributed by atoms with Gasteiger partial charge in [0.05, 0.1) is 16.1 Å². The maximum atomic E-state index is 11.8. The second-order valence-corrected chi connectivity index (χ2v) is 9.95. The summed E-state index contributed by atoms with van der Waals surface area (Å²) in [5.41, 5.74) is 8.29. The van der Waals surface area contributed by atoms with E-state index in [1.165, 1.54) is 11.3 Å². The molecule has 0 radical (unpaired) electrons. The van der Waals surface area contributed by atoms with Crippen molar-refractivity contribution in [2.45, 2.75) is 20.4 Å². The molecule has 0 unspecified atom stereocenters. The lowest BCUT2D eigenvalue weighted by Crippen LogP contribution is -2.11. The summed E-state index contributed by atoms with van der Waals surface area (Å²) in [5, 5.41) is 13.4. The van der Waals surface area contributed by atoms with Gasteiger partial charge >= 0.3 is 0 Å². The first-order chi connectivity index (χ1) is 17.6. The molecule has 6 rings (SSSR count). The van der Waals surface area contributed by atoms with Gasteiger partial charge in [0.15, 0.2) is 5.78 Å². The first-order valence-corrected chi connectivity index (χ1v) is 12.8. The molecular weight excluding hydrogens is 466 g/mol. The van der Waals surface area contributed by atoms with E-state index < -0.39 is 0 Å². The fraction of sp³-hybridized carbons (Fsp3) is 0.138. The number of ketones is 1. The zero-order valence-corrected chi connectivity index (χ0v) is 20.9. The van der Waals surface area contributed by atoms with E-state index in [4.69, 9.17) is 0 Å². The topological polar surface area (TPSA) is 86.5 Å². The van der Waals surface area contributed by atoms with Crippen LogP contribution in [-0.4, -0.2) is 32.5 Å². The van der Waals surface area contributed by atoms with Crippen LogP contribution in [-0.2, 0) is 6.54 Å². The van der Waals surface area contributed by atoms with Gasteiger partial charge in [-0.25, -0.2) is 0 Å². The summed E-state index contributed by atoms with van der Waals surface area (Å²) in [7, 11) is 0. The number of fused-ring (bicyclic) bond motifs is 2. The van der Waals surface area contributed by atoms with Crippen LogP contribution in [0.5, 0.6) is 0 Å². The van der Waals surface area contributed by atoms with Crippen molar-refractivity contribution in [3.05, 3.63) is 83.5 Å². The van der Waals surface area contributed by atoms with Crippen LogP contribution in [0.1, 0.15) is 29.1 Å². The van der Waals surface area contributed by atoms with Crippen molar-refractivity contribution in [1.82, 2.24) is 25.5 Å². The molecule has 2 aromatic carbocycles. The minimum Gasteiger partial charge on any atom is -0.353 e. The molecule has 0 saturated heterocycles. The summed E-state index contributed by atoms with van der Waals surface area (Å²) >= 11 is 1.53. The fourth-order valence-electron chi connectivity index (χ4n) is 4.58. The van der Waals surface area contributed by atoms with E-state index in [0.29, 0.717) is 0 Å². The Morgan fingerprint density at radius 2 is 1.89 bits per heavy atom. The van der Waals surface area contributed by atoms with Gasteiger partial charge in [-0.05, 0) is 67.1 Å². The molecule has 4 aromatic heterocycles. The minimum atomic E-state index is 0.0920. The second kappa shape index (κ2) is 9.18. The zero-order valence-electron chi connectivity index (χ0n) is 20.1. The number of hydrogen-bond donors (Lipinski definition) is 3. The van der Waals surface area contributed by atoms with Crippen molar-refractivity contribution in [2.24, 2.45) is 0 Å². The average Bonchev–Trinajstić information content (AvgIpc) is 3.64. The predicted octanol–water partition coefficient (Wildman–Crippen LogP) is 6.81. The standard InChI is InChI=1S/C29H25N5OS/c1-3-30-14-18-11-20(16-31-15-18)19-7-8-25-23(12-19)29(34-33-25)26-13-22-21(5-4-6-24(22)32-26)28-10-9-27(36-28)17(2)35/h4-13,15-16,30,32H,3,14H2,1-2H3,(H,33,34). The number of carbonyl (C=O) groups excluding carboxylic acids is 1. The molecular formula is C29H25N5OS. The Balaban J connectivity index is 1.42. The Kier molecular flexibility index (Phi) is 5.71. The van der Waals surface area contributed by atoms with E-state index in [9.17, 15) is 4.79 Å². The molecule has 0 saturated carbocycles. The molecule has 0 bridgehead atoms. The van der Waals surface area contributed by atoms with Gasteiger partial charge in [-0.15, -0.1) is 11.3 Å². The summed E-state index contributed by atoms with van der Waals surface area (Å²) in [4.78, 5) is 21.7. The lowest BCUT2D eigenvalue weighted by Gasteiger charge is -2.06. The van der Waals surface area contributed by atoms with Crippen molar-refractivity contribution in [3.63, 3.8) is 0 Å². The van der Waals surface area contributed by atoms with E-state index in [1.807, 2.05) is 30.6 Å². The summed E-state index contributed by atoms with van der Waals surface area (Å²) in [6.07, 6.45) is 3.81. The Morgan fingerprint density at radius 3 is 2.72 bits per heavy atom. The second-order valence-electron chi connectivity index (χ2n) is 8.86. The van der Waals surface area contributed by atoms with Crippen LogP contribution >= 0.6 is 11.3 Å². The molecule has 0 aliphatic heterocycles. The van der Waals surface area contributed by atoms with Gasteiger partial charge in [0.2, 0.25) is 0 Å². The molecule has 0 amide bonds. The molecule has 36 heavy (non-hydrogen) atoms. The third kappa shape index (κ3) is 4.02. The van der Waals surface area contributed by atoms with E-state index >= 15 is 0 Å². The highest BCUT2D eigenvalue weighted by molar-refractivity contribution is 7.17. The van der Waals surface area contributed by atoms with Crippen molar-refractivity contribution >= 4 is 38.9 Å². The van der Waals surface area contributed by atoms with Crippen molar-refractivity contribution < 1.29 is 4.79 Å². The first kappa shape index (κ1) is 22.4. The Hall–Kier alpha value is -4.07. The minimum absolute atomic E-state index is 0.0920. The number of H-pyrrole nitrogens is 2. The number of hydrogen-bond acceptors (Lipinski definition) is 5. The van der Waals surface area contributed by atoms with Crippen LogP contribution in [0, 0.1) is 0 Å². The van der Waals surface area contributed by atoms with Gasteiger partial charge in [0.25, 0.3) is 0 Å². The smallest absolute Gasteiger partial charge is 0.169 e. The number of nitrogens with one attached hydrogen (secondary N) is 3. The van der Waals surface area contributed by atoms with Crippen molar-refractivity contribution in [1.29, 1.82) is 0 Å². The maximum Gasteiger partial charge on any atom is 0.169 e. The highest BCUT2D eigenvalue weighted by atomic mass is 32.1. The summed E-state index contributed by atoms with van der Waals surface area (Å²) < 4.78 is 0. The lowest BCUT2D eigenvalue weighted by molar-refractivity contribution is 0.102. The molecule has 0 aliphatic rings. The van der Waals surface area contributed by atoms with Gasteiger partial charge in [0, 0.05) is 51.2 Å². The Labute approximate surface area is 212 Å². The number of thiophene rings is 1. The Bertz CT molecular complexity index is 1720. The van der Waals surface area contributed by atoms with Gasteiger partial charge in [-0.1, -0.05) is 25.1 Å². The van der Waals surface area contributed by atoms with Crippen molar-refractivity contribution in [2.75, 3.05) is 6.54 Å². The number of nitrogens with zero attached hydrogens (tertiary/aromatic N) is 2. The van der Waals surface area contributed by atoms with E-state index in [-0.39, 0.29) is 5.78 Å². The van der Waals surface area contributed by atoms with Crippen LogP contribution in [0.3, 0.4) is 0 Å². The van der Waals surface area contributed by atoms with Gasteiger partial charge < -0.3 is 10.3 Å². The van der Waals surface area contributed by atoms with Gasteiger partial charge in [0.1, 0.15) is 5.69 Å². The van der Waals surface area contributed by atoms with Crippen LogP contribution in [0.2, 0.25) is 0 Å². The zero-order chi connectivity index (χ0) is 24.6. The normalized spacial score (nSPS) is 11.5. The molecule has 0 spiro atoms. The van der Waals surface area contributed by atoms with Crippen LogP contribution < -0.4 is 5.32 Å². The molecule has 0 aliphatic carbocycles. The number of Topliss-reactive ketones (excluding diaryl/α,β-unsaturated/α-hetero) is 1. The van der Waals surface area contributed by atoms with Gasteiger partial charge in [-0.3, -0.25) is 14.9 Å². The molecule has 6 aromatic rings.